The Morgan fingerprint density at radius 1 is 1.32 bits per heavy atom. The van der Waals surface area contributed by atoms with Gasteiger partial charge in [0.05, 0.1) is 4.90 Å². The summed E-state index contributed by atoms with van der Waals surface area (Å²) < 4.78 is 31.3. The van der Waals surface area contributed by atoms with Gasteiger partial charge < -0.3 is 10.1 Å². The first kappa shape index (κ1) is 16.1. The average molecular weight is 286 g/mol. The van der Waals surface area contributed by atoms with Crippen molar-refractivity contribution in [3.63, 3.8) is 0 Å². The molecule has 0 aromatic heterocycles. The second kappa shape index (κ2) is 7.59. The molecule has 0 saturated heterocycles. The van der Waals surface area contributed by atoms with Gasteiger partial charge in [0.1, 0.15) is 0 Å². The van der Waals surface area contributed by atoms with Gasteiger partial charge in [0.25, 0.3) is 0 Å². The van der Waals surface area contributed by atoms with Crippen LogP contribution in [0.1, 0.15) is 12.0 Å². The van der Waals surface area contributed by atoms with E-state index in [0.717, 1.165) is 5.56 Å². The van der Waals surface area contributed by atoms with Crippen LogP contribution in [0.3, 0.4) is 0 Å². The molecule has 0 aliphatic heterocycles. The first-order valence-electron chi connectivity index (χ1n) is 6.21. The second-order valence-electron chi connectivity index (χ2n) is 4.31. The molecule has 1 aromatic rings. The van der Waals surface area contributed by atoms with Gasteiger partial charge in [-0.25, -0.2) is 12.7 Å². The lowest BCUT2D eigenvalue weighted by Crippen LogP contribution is -2.29. The normalized spacial score (nSPS) is 12.0. The zero-order valence-corrected chi connectivity index (χ0v) is 12.5. The van der Waals surface area contributed by atoms with E-state index in [-0.39, 0.29) is 0 Å². The van der Waals surface area contributed by atoms with Gasteiger partial charge in [-0.1, -0.05) is 18.2 Å². The van der Waals surface area contributed by atoms with Crippen LogP contribution in [0.2, 0.25) is 0 Å². The predicted octanol–water partition coefficient (Wildman–Crippen LogP) is 1.06. The number of hydrogen-bond acceptors (Lipinski definition) is 4. The smallest absolute Gasteiger partial charge is 0.243 e. The van der Waals surface area contributed by atoms with Crippen LogP contribution in [0.4, 0.5) is 0 Å². The van der Waals surface area contributed by atoms with Crippen molar-refractivity contribution in [2.75, 3.05) is 34.4 Å². The Labute approximate surface area is 115 Å². The summed E-state index contributed by atoms with van der Waals surface area (Å²) in [5.74, 6) is 0. The van der Waals surface area contributed by atoms with Gasteiger partial charge in [0.2, 0.25) is 10.0 Å². The van der Waals surface area contributed by atoms with E-state index in [0.29, 0.717) is 31.0 Å². The van der Waals surface area contributed by atoms with Gasteiger partial charge in [0.15, 0.2) is 0 Å². The van der Waals surface area contributed by atoms with E-state index in [1.807, 2.05) is 12.1 Å². The summed E-state index contributed by atoms with van der Waals surface area (Å²) in [4.78, 5) is 0.365. The Morgan fingerprint density at radius 2 is 2.00 bits per heavy atom. The first-order chi connectivity index (χ1) is 9.04. The number of methoxy groups -OCH3 is 1. The highest BCUT2D eigenvalue weighted by Gasteiger charge is 2.22. The van der Waals surface area contributed by atoms with E-state index in [9.17, 15) is 8.42 Å². The molecule has 0 radical (unpaired) electrons. The van der Waals surface area contributed by atoms with Crippen LogP contribution in [-0.4, -0.2) is 47.1 Å². The maximum atomic E-state index is 12.5. The maximum Gasteiger partial charge on any atom is 0.243 e. The van der Waals surface area contributed by atoms with Gasteiger partial charge in [0, 0.05) is 33.9 Å². The molecular weight excluding hydrogens is 264 g/mol. The summed E-state index contributed by atoms with van der Waals surface area (Å²) in [5, 5.41) is 2.98. The quantitative estimate of drug-likeness (QED) is 0.726. The molecule has 0 unspecified atom stereocenters. The van der Waals surface area contributed by atoms with E-state index < -0.39 is 10.0 Å². The van der Waals surface area contributed by atoms with Gasteiger partial charge in [-0.2, -0.15) is 0 Å². The highest BCUT2D eigenvalue weighted by molar-refractivity contribution is 7.89. The molecule has 6 heteroatoms. The Balaban J connectivity index is 2.93. The molecule has 0 atom stereocenters. The number of nitrogens with zero attached hydrogens (tertiary/aromatic N) is 1. The maximum absolute atomic E-state index is 12.5. The van der Waals surface area contributed by atoms with E-state index in [1.54, 1.807) is 33.3 Å². The minimum absolute atomic E-state index is 0.365. The number of benzene rings is 1. The fraction of sp³-hybridized carbons (Fsp3) is 0.538. The molecule has 1 rings (SSSR count). The van der Waals surface area contributed by atoms with Gasteiger partial charge in [-0.3, -0.25) is 0 Å². The molecule has 0 aliphatic rings. The summed E-state index contributed by atoms with van der Waals surface area (Å²) in [7, 11) is 1.57. The van der Waals surface area contributed by atoms with Crippen LogP contribution in [0.15, 0.2) is 29.2 Å². The molecule has 0 spiro atoms. The highest BCUT2D eigenvalue weighted by atomic mass is 32.2. The van der Waals surface area contributed by atoms with Crippen LogP contribution < -0.4 is 5.32 Å². The lowest BCUT2D eigenvalue weighted by molar-refractivity contribution is 0.189. The Hall–Kier alpha value is -0.950. The lowest BCUT2D eigenvalue weighted by atomic mass is 10.2. The third-order valence-corrected chi connectivity index (χ3v) is 4.81. The minimum atomic E-state index is -3.43. The van der Waals surface area contributed by atoms with Crippen LogP contribution in [0.25, 0.3) is 0 Å². The third kappa shape index (κ3) is 4.28. The molecular formula is C13H22N2O3S. The summed E-state index contributed by atoms with van der Waals surface area (Å²) in [6.07, 6.45) is 0.681. The SMILES string of the molecule is CNCc1ccccc1S(=O)(=O)N(C)CCCOC. The van der Waals surface area contributed by atoms with Crippen molar-refractivity contribution in [2.45, 2.75) is 17.9 Å². The van der Waals surface area contributed by atoms with Crippen LogP contribution in [0, 0.1) is 0 Å². The number of sulfonamides is 1. The minimum Gasteiger partial charge on any atom is -0.385 e. The largest absolute Gasteiger partial charge is 0.385 e. The summed E-state index contributed by atoms with van der Waals surface area (Å²) in [6, 6.07) is 7.06. The molecule has 0 fully saturated rings. The molecule has 19 heavy (non-hydrogen) atoms. The van der Waals surface area contributed by atoms with Crippen molar-refractivity contribution in [1.82, 2.24) is 9.62 Å². The molecule has 0 amide bonds. The third-order valence-electron chi connectivity index (χ3n) is 2.85. The Bertz CT molecular complexity index is 488. The van der Waals surface area contributed by atoms with Crippen LogP contribution in [-0.2, 0) is 21.3 Å². The number of nitrogens with one attached hydrogen (secondary N) is 1. The second-order valence-corrected chi connectivity index (χ2v) is 6.32. The van der Waals surface area contributed by atoms with Crippen LogP contribution in [0.5, 0.6) is 0 Å². The van der Waals surface area contributed by atoms with Crippen LogP contribution >= 0.6 is 0 Å². The predicted molar refractivity (Wildman–Crippen MR) is 75.5 cm³/mol. The van der Waals surface area contributed by atoms with Crippen molar-refractivity contribution in [2.24, 2.45) is 0 Å². The highest BCUT2D eigenvalue weighted by Crippen LogP contribution is 2.19. The summed E-state index contributed by atoms with van der Waals surface area (Å²) in [6.45, 7) is 1.53. The molecule has 0 heterocycles. The van der Waals surface area contributed by atoms with Crippen molar-refractivity contribution in [3.05, 3.63) is 29.8 Å². The number of rotatable bonds is 8. The standard InChI is InChI=1S/C13H22N2O3S/c1-14-11-12-7-4-5-8-13(12)19(16,17)15(2)9-6-10-18-3/h4-5,7-8,14H,6,9-11H2,1-3H3. The first-order valence-corrected chi connectivity index (χ1v) is 7.65. The topological polar surface area (TPSA) is 58.6 Å². The average Bonchev–Trinajstić information content (AvgIpc) is 2.39. The molecule has 0 saturated carbocycles. The zero-order chi connectivity index (χ0) is 14.3. The van der Waals surface area contributed by atoms with E-state index in [2.05, 4.69) is 5.32 Å². The Morgan fingerprint density at radius 3 is 2.63 bits per heavy atom. The van der Waals surface area contributed by atoms with E-state index in [4.69, 9.17) is 4.74 Å². The van der Waals surface area contributed by atoms with Crippen molar-refractivity contribution < 1.29 is 13.2 Å². The zero-order valence-electron chi connectivity index (χ0n) is 11.7. The molecule has 0 aliphatic carbocycles. The van der Waals surface area contributed by atoms with Gasteiger partial charge >= 0.3 is 0 Å². The van der Waals surface area contributed by atoms with Crippen molar-refractivity contribution in [3.8, 4) is 0 Å². The fourth-order valence-electron chi connectivity index (χ4n) is 1.81. The van der Waals surface area contributed by atoms with E-state index >= 15 is 0 Å². The number of hydrogen-bond donors (Lipinski definition) is 1. The summed E-state index contributed by atoms with van der Waals surface area (Å²) in [5.41, 5.74) is 0.781. The summed E-state index contributed by atoms with van der Waals surface area (Å²) >= 11 is 0. The number of ether oxygens (including phenoxy) is 1. The molecule has 5 nitrogen and oxygen atoms in total. The molecule has 0 bridgehead atoms. The van der Waals surface area contributed by atoms with Gasteiger partial charge in [-0.15, -0.1) is 0 Å². The van der Waals surface area contributed by atoms with Crippen molar-refractivity contribution >= 4 is 10.0 Å². The van der Waals surface area contributed by atoms with Crippen molar-refractivity contribution in [1.29, 1.82) is 0 Å². The Kier molecular flexibility index (Phi) is 6.44. The molecule has 108 valence electrons. The molecule has 1 aromatic carbocycles. The fourth-order valence-corrected chi connectivity index (χ4v) is 3.24. The lowest BCUT2D eigenvalue weighted by Gasteiger charge is -2.19. The van der Waals surface area contributed by atoms with Gasteiger partial charge in [-0.05, 0) is 25.1 Å². The molecule has 1 N–H and O–H groups in total. The monoisotopic (exact) mass is 286 g/mol. The van der Waals surface area contributed by atoms with E-state index in [1.165, 1.54) is 4.31 Å².